The van der Waals surface area contributed by atoms with Crippen molar-refractivity contribution in [3.05, 3.63) is 70.1 Å². The molecular weight excluding hydrogens is 468 g/mol. The van der Waals surface area contributed by atoms with E-state index in [0.29, 0.717) is 46.7 Å². The maximum absolute atomic E-state index is 15.6. The van der Waals surface area contributed by atoms with Crippen molar-refractivity contribution in [3.8, 4) is 11.1 Å². The minimum atomic E-state index is -0.634. The van der Waals surface area contributed by atoms with Crippen molar-refractivity contribution in [1.29, 1.82) is 0 Å². The van der Waals surface area contributed by atoms with Gasteiger partial charge in [-0.3, -0.25) is 0 Å². The molecule has 0 saturated carbocycles. The summed E-state index contributed by atoms with van der Waals surface area (Å²) in [5.74, 6) is -3.00. The lowest BCUT2D eigenvalue weighted by Crippen LogP contribution is -2.23. The first-order valence-electron chi connectivity index (χ1n) is 12.2. The summed E-state index contributed by atoms with van der Waals surface area (Å²) in [5, 5.41) is 0.544. The summed E-state index contributed by atoms with van der Waals surface area (Å²) in [7, 11) is 0. The van der Waals surface area contributed by atoms with Gasteiger partial charge < -0.3 is 0 Å². The van der Waals surface area contributed by atoms with E-state index in [1.165, 1.54) is 24.3 Å². The van der Waals surface area contributed by atoms with Crippen molar-refractivity contribution in [3.63, 3.8) is 0 Å². The number of fused-ring (bicyclic) bond motifs is 2. The zero-order valence-corrected chi connectivity index (χ0v) is 19.6. The molecule has 2 heterocycles. The third-order valence-electron chi connectivity index (χ3n) is 7.54. The Bertz CT molecular complexity index is 1720. The van der Waals surface area contributed by atoms with Crippen LogP contribution >= 0.6 is 0 Å². The van der Waals surface area contributed by atoms with Crippen LogP contribution in [0, 0.1) is 11.6 Å². The average Bonchev–Trinajstić information content (AvgIpc) is 2.87. The minimum absolute atomic E-state index is 0.0263. The van der Waals surface area contributed by atoms with E-state index in [1.54, 1.807) is 0 Å². The summed E-state index contributed by atoms with van der Waals surface area (Å²) >= 11 is 0. The molecule has 3 aliphatic carbocycles. The standard InChI is InChI=1S/C28H20F4N4/c1-3-5-6-20-35-27-17(31)9-13-11-7-15(29)25-23-21(11)12(8-16(30)26(23)34-19(4-2)33-25)14-10-18(32)28(36-20)24(27)22(13)14/h7-11,13H,3-6H2,1-2H3. The number of hydrogen-bond donors (Lipinski definition) is 0. The van der Waals surface area contributed by atoms with E-state index >= 15 is 17.6 Å². The second-order valence-electron chi connectivity index (χ2n) is 9.60. The second kappa shape index (κ2) is 7.41. The highest BCUT2D eigenvalue weighted by atomic mass is 19.1. The van der Waals surface area contributed by atoms with E-state index < -0.39 is 35.1 Å². The number of aromatic nitrogens is 4. The molecule has 0 fully saturated rings. The van der Waals surface area contributed by atoms with Gasteiger partial charge in [-0.15, -0.1) is 0 Å². The summed E-state index contributed by atoms with van der Waals surface area (Å²) in [6, 6.07) is 2.67. The average molecular weight is 488 g/mol. The Kier molecular flexibility index (Phi) is 4.45. The first-order chi connectivity index (χ1) is 17.4. The van der Waals surface area contributed by atoms with Gasteiger partial charge in [0.15, 0.2) is 0 Å². The highest BCUT2D eigenvalue weighted by Crippen LogP contribution is 2.58. The molecule has 0 radical (unpaired) electrons. The van der Waals surface area contributed by atoms with E-state index in [2.05, 4.69) is 19.9 Å². The van der Waals surface area contributed by atoms with E-state index in [-0.39, 0.29) is 33.2 Å². The van der Waals surface area contributed by atoms with Crippen molar-refractivity contribution in [2.24, 2.45) is 0 Å². The second-order valence-corrected chi connectivity index (χ2v) is 9.60. The summed E-state index contributed by atoms with van der Waals surface area (Å²) in [6.45, 7) is 3.83. The van der Waals surface area contributed by atoms with Crippen molar-refractivity contribution >= 4 is 33.5 Å². The fraction of sp³-hybridized carbons (Fsp3) is 0.286. The fourth-order valence-corrected chi connectivity index (χ4v) is 5.98. The van der Waals surface area contributed by atoms with Crippen LogP contribution in [0.1, 0.15) is 72.7 Å². The molecule has 2 unspecified atom stereocenters. The van der Waals surface area contributed by atoms with Crippen LogP contribution in [0.25, 0.3) is 44.6 Å². The monoisotopic (exact) mass is 488 g/mol. The smallest absolute Gasteiger partial charge is 0.150 e. The van der Waals surface area contributed by atoms with Crippen LogP contribution in [0.3, 0.4) is 0 Å². The third kappa shape index (κ3) is 2.70. The van der Waals surface area contributed by atoms with Crippen LogP contribution in [-0.2, 0) is 12.8 Å². The molecule has 4 aromatic rings. The molecular formula is C28H20F4N4. The van der Waals surface area contributed by atoms with Gasteiger partial charge in [0.25, 0.3) is 0 Å². The van der Waals surface area contributed by atoms with E-state index in [1.807, 2.05) is 13.8 Å². The molecule has 36 heavy (non-hydrogen) atoms. The molecule has 0 aliphatic heterocycles. The largest absolute Gasteiger partial charge is 0.230 e. The molecule has 0 amide bonds. The highest BCUT2D eigenvalue weighted by Gasteiger charge is 2.42. The number of benzene rings is 2. The topological polar surface area (TPSA) is 51.6 Å². The van der Waals surface area contributed by atoms with Gasteiger partial charge in [-0.1, -0.05) is 20.3 Å². The number of allylic oxidation sites excluding steroid dienone is 2. The summed E-state index contributed by atoms with van der Waals surface area (Å²) in [5.41, 5.74) is 2.20. The fourth-order valence-electron chi connectivity index (χ4n) is 5.98. The van der Waals surface area contributed by atoms with Crippen molar-refractivity contribution in [2.75, 3.05) is 0 Å². The van der Waals surface area contributed by atoms with Crippen LogP contribution in [0.4, 0.5) is 17.6 Å². The maximum Gasteiger partial charge on any atom is 0.150 e. The molecule has 0 bridgehead atoms. The number of aryl methyl sites for hydroxylation is 2. The Balaban J connectivity index is 1.61. The Labute approximate surface area is 203 Å². The molecule has 0 spiro atoms. The molecule has 4 nitrogen and oxygen atoms in total. The summed E-state index contributed by atoms with van der Waals surface area (Å²) < 4.78 is 62.1. The Morgan fingerprint density at radius 3 is 1.69 bits per heavy atom. The van der Waals surface area contributed by atoms with Gasteiger partial charge in [0, 0.05) is 35.4 Å². The number of halogens is 4. The number of unbranched alkanes of at least 4 members (excludes halogenated alkanes) is 1. The van der Waals surface area contributed by atoms with E-state index in [0.717, 1.165) is 12.8 Å². The van der Waals surface area contributed by atoms with E-state index in [4.69, 9.17) is 0 Å². The van der Waals surface area contributed by atoms with Crippen molar-refractivity contribution < 1.29 is 17.6 Å². The zero-order chi connectivity index (χ0) is 24.9. The van der Waals surface area contributed by atoms with Crippen LogP contribution in [-0.4, -0.2) is 19.9 Å². The van der Waals surface area contributed by atoms with Gasteiger partial charge in [0.05, 0.1) is 0 Å². The van der Waals surface area contributed by atoms with Gasteiger partial charge in [-0.05, 0) is 53.0 Å². The molecule has 2 aromatic heterocycles. The normalized spacial score (nSPS) is 19.1. The molecule has 0 saturated heterocycles. The SMILES string of the molecule is CCCCc1nc2c3c4c(cc(F)c3n1)-c1cc(F)c3nc(CC)nc5c3c1C(C=C5F)C4C=C2F. The summed E-state index contributed by atoms with van der Waals surface area (Å²) in [4.78, 5) is 17.6. The van der Waals surface area contributed by atoms with Crippen LogP contribution < -0.4 is 0 Å². The Morgan fingerprint density at radius 1 is 0.694 bits per heavy atom. The predicted molar refractivity (Wildman–Crippen MR) is 130 cm³/mol. The third-order valence-corrected chi connectivity index (χ3v) is 7.54. The first-order valence-corrected chi connectivity index (χ1v) is 12.2. The predicted octanol–water partition coefficient (Wildman–Crippen LogP) is 7.25. The van der Waals surface area contributed by atoms with Crippen LogP contribution in [0.2, 0.25) is 0 Å². The molecule has 2 aromatic carbocycles. The van der Waals surface area contributed by atoms with E-state index in [9.17, 15) is 0 Å². The van der Waals surface area contributed by atoms with Crippen LogP contribution in [0.15, 0.2) is 24.3 Å². The van der Waals surface area contributed by atoms with Gasteiger partial charge >= 0.3 is 0 Å². The Morgan fingerprint density at radius 2 is 1.19 bits per heavy atom. The number of rotatable bonds is 4. The first kappa shape index (κ1) is 21.6. The van der Waals surface area contributed by atoms with Gasteiger partial charge in [-0.2, -0.15) is 0 Å². The lowest BCUT2D eigenvalue weighted by atomic mass is 9.66. The van der Waals surface area contributed by atoms with Crippen molar-refractivity contribution in [1.82, 2.24) is 19.9 Å². The molecule has 3 aliphatic rings. The lowest BCUT2D eigenvalue weighted by Gasteiger charge is -2.38. The highest BCUT2D eigenvalue weighted by molar-refractivity contribution is 6.05. The molecule has 180 valence electrons. The molecule has 0 N–H and O–H groups in total. The van der Waals surface area contributed by atoms with Gasteiger partial charge in [0.1, 0.15) is 57.4 Å². The quantitative estimate of drug-likeness (QED) is 0.284. The van der Waals surface area contributed by atoms with Crippen LogP contribution in [0.5, 0.6) is 0 Å². The van der Waals surface area contributed by atoms with Gasteiger partial charge in [0.2, 0.25) is 0 Å². The summed E-state index contributed by atoms with van der Waals surface area (Å²) in [6.07, 6.45) is 5.45. The maximum atomic E-state index is 15.6. The van der Waals surface area contributed by atoms with Crippen molar-refractivity contribution in [2.45, 2.75) is 51.4 Å². The lowest BCUT2D eigenvalue weighted by molar-refractivity contribution is 0.622. The number of nitrogens with zero attached hydrogens (tertiary/aromatic N) is 4. The Hall–Kier alpha value is -3.68. The molecule has 8 heteroatoms. The number of hydrogen-bond acceptors (Lipinski definition) is 4. The van der Waals surface area contributed by atoms with Gasteiger partial charge in [-0.25, -0.2) is 37.5 Å². The zero-order valence-electron chi connectivity index (χ0n) is 19.6. The molecule has 7 rings (SSSR count). The minimum Gasteiger partial charge on any atom is -0.230 e. The molecule has 2 atom stereocenters.